The molecule has 296 valence electrons. The molecule has 0 saturated carbocycles. The predicted molar refractivity (Wildman–Crippen MR) is 266 cm³/mol. The summed E-state index contributed by atoms with van der Waals surface area (Å²) < 4.78 is 4.82. The molecule has 0 fully saturated rings. The molecule has 0 radical (unpaired) electrons. The Morgan fingerprint density at radius 1 is 0.254 bits per heavy atom. The summed E-state index contributed by atoms with van der Waals surface area (Å²) in [6, 6.07) is 90.1. The van der Waals surface area contributed by atoms with Crippen molar-refractivity contribution >= 4 is 60.7 Å². The Labute approximate surface area is 366 Å². The van der Waals surface area contributed by atoms with E-state index in [0.717, 1.165) is 34.0 Å². The van der Waals surface area contributed by atoms with Crippen molar-refractivity contribution in [2.75, 3.05) is 4.90 Å². The van der Waals surface area contributed by atoms with Gasteiger partial charge in [0.25, 0.3) is 0 Å². The van der Waals surface area contributed by atoms with Gasteiger partial charge in [-0.15, -0.1) is 0 Å². The number of hydrogen-bond acceptors (Lipinski definition) is 1. The second-order valence-electron chi connectivity index (χ2n) is 16.1. The van der Waals surface area contributed by atoms with Crippen LogP contribution in [0.15, 0.2) is 249 Å². The Morgan fingerprint density at radius 2 is 0.698 bits per heavy atom. The maximum atomic E-state index is 2.42. The minimum Gasteiger partial charge on any atom is -0.310 e. The molecule has 12 aromatic rings. The van der Waals surface area contributed by atoms with Gasteiger partial charge in [-0.2, -0.15) is 0 Å². The average molecular weight is 804 g/mol. The van der Waals surface area contributed by atoms with Gasteiger partial charge in [0.05, 0.1) is 22.1 Å². The van der Waals surface area contributed by atoms with E-state index in [1.54, 1.807) is 0 Å². The molecule has 3 heteroatoms. The van der Waals surface area contributed by atoms with Crippen LogP contribution in [0.25, 0.3) is 88.4 Å². The van der Waals surface area contributed by atoms with Crippen LogP contribution >= 0.6 is 0 Å². The first kappa shape index (κ1) is 36.5. The molecule has 3 nitrogen and oxygen atoms in total. The third kappa shape index (κ3) is 6.21. The first-order valence-electron chi connectivity index (χ1n) is 21.6. The molecule has 2 heterocycles. The third-order valence-electron chi connectivity index (χ3n) is 12.5. The standard InChI is InChI=1S/C60H41N3/c1-3-18-42(19-4-1)50-26-7-8-27-51(50)43-36-38-46(39-37-43)61(48-24-16-25-49(41-48)62-57-33-12-9-28-53(57)54-29-10-13-34-58(54)62)47-23-15-20-44(40-47)52-31-17-32-56-55-30-11-14-35-59(55)63(60(52)56)45-21-5-2-6-22-45/h1-41H. The summed E-state index contributed by atoms with van der Waals surface area (Å²) in [6.07, 6.45) is 0. The van der Waals surface area contributed by atoms with Gasteiger partial charge in [-0.05, 0) is 101 Å². The lowest BCUT2D eigenvalue weighted by Gasteiger charge is -2.27. The Hall–Kier alpha value is -8.40. The van der Waals surface area contributed by atoms with Crippen molar-refractivity contribution in [1.29, 1.82) is 0 Å². The number of nitrogens with zero attached hydrogens (tertiary/aromatic N) is 3. The van der Waals surface area contributed by atoms with Gasteiger partial charge in [0.1, 0.15) is 0 Å². The molecule has 0 saturated heterocycles. The van der Waals surface area contributed by atoms with Gasteiger partial charge in [0, 0.05) is 55.5 Å². The number of aromatic nitrogens is 2. The summed E-state index contributed by atoms with van der Waals surface area (Å²) in [4.78, 5) is 2.40. The second kappa shape index (κ2) is 15.3. The Balaban J connectivity index is 1.05. The fourth-order valence-electron chi connectivity index (χ4n) is 9.72. The van der Waals surface area contributed by atoms with Crippen LogP contribution in [0.1, 0.15) is 0 Å². The minimum atomic E-state index is 1.07. The topological polar surface area (TPSA) is 13.1 Å². The fourth-order valence-corrected chi connectivity index (χ4v) is 9.72. The van der Waals surface area contributed by atoms with E-state index >= 15 is 0 Å². The largest absolute Gasteiger partial charge is 0.310 e. The van der Waals surface area contributed by atoms with Crippen molar-refractivity contribution in [2.45, 2.75) is 0 Å². The molecule has 12 rings (SSSR count). The van der Waals surface area contributed by atoms with Gasteiger partial charge in [-0.1, -0.05) is 176 Å². The van der Waals surface area contributed by atoms with Crippen molar-refractivity contribution in [3.63, 3.8) is 0 Å². The highest BCUT2D eigenvalue weighted by Crippen LogP contribution is 2.43. The van der Waals surface area contributed by atoms with Gasteiger partial charge in [0.15, 0.2) is 0 Å². The van der Waals surface area contributed by atoms with E-state index in [1.165, 1.54) is 71.4 Å². The lowest BCUT2D eigenvalue weighted by molar-refractivity contribution is 1.17. The molecule has 0 bridgehead atoms. The lowest BCUT2D eigenvalue weighted by Crippen LogP contribution is -2.10. The molecule has 0 amide bonds. The van der Waals surface area contributed by atoms with E-state index in [1.807, 2.05) is 0 Å². The van der Waals surface area contributed by atoms with Crippen LogP contribution in [0.4, 0.5) is 17.1 Å². The molecule has 0 aliphatic carbocycles. The van der Waals surface area contributed by atoms with Crippen LogP contribution in [-0.4, -0.2) is 9.13 Å². The quantitative estimate of drug-likeness (QED) is 0.149. The van der Waals surface area contributed by atoms with Crippen molar-refractivity contribution < 1.29 is 0 Å². The first-order chi connectivity index (χ1) is 31.3. The van der Waals surface area contributed by atoms with Gasteiger partial charge >= 0.3 is 0 Å². The molecule has 63 heavy (non-hydrogen) atoms. The maximum absolute atomic E-state index is 2.42. The van der Waals surface area contributed by atoms with E-state index in [-0.39, 0.29) is 0 Å². The van der Waals surface area contributed by atoms with E-state index in [4.69, 9.17) is 0 Å². The summed E-state index contributed by atoms with van der Waals surface area (Å²) in [5.41, 5.74) is 17.4. The molecular formula is C60H41N3. The highest BCUT2D eigenvalue weighted by atomic mass is 15.1. The number of rotatable bonds is 8. The highest BCUT2D eigenvalue weighted by Gasteiger charge is 2.20. The minimum absolute atomic E-state index is 1.07. The van der Waals surface area contributed by atoms with E-state index < -0.39 is 0 Å². The van der Waals surface area contributed by atoms with E-state index in [2.05, 4.69) is 263 Å². The summed E-state index contributed by atoms with van der Waals surface area (Å²) in [6.45, 7) is 0. The molecule has 0 aliphatic rings. The maximum Gasteiger partial charge on any atom is 0.0619 e. The van der Waals surface area contributed by atoms with Gasteiger partial charge in [0.2, 0.25) is 0 Å². The number of fused-ring (bicyclic) bond motifs is 6. The molecule has 10 aromatic carbocycles. The monoisotopic (exact) mass is 803 g/mol. The molecule has 0 spiro atoms. The molecule has 0 aliphatic heterocycles. The fraction of sp³-hybridized carbons (Fsp3) is 0. The number of para-hydroxylation sites is 5. The number of benzene rings is 10. The van der Waals surface area contributed by atoms with Gasteiger partial charge in [-0.3, -0.25) is 0 Å². The Kier molecular flexibility index (Phi) is 8.83. The van der Waals surface area contributed by atoms with Crippen LogP contribution < -0.4 is 4.90 Å². The normalized spacial score (nSPS) is 11.5. The van der Waals surface area contributed by atoms with Crippen LogP contribution in [0, 0.1) is 0 Å². The summed E-state index contributed by atoms with van der Waals surface area (Å²) in [5.74, 6) is 0. The summed E-state index contributed by atoms with van der Waals surface area (Å²) in [5, 5.41) is 4.97. The molecular weight excluding hydrogens is 763 g/mol. The van der Waals surface area contributed by atoms with Gasteiger partial charge < -0.3 is 14.0 Å². The predicted octanol–water partition coefficient (Wildman–Crippen LogP) is 16.4. The van der Waals surface area contributed by atoms with Crippen LogP contribution in [0.2, 0.25) is 0 Å². The van der Waals surface area contributed by atoms with Crippen LogP contribution in [0.3, 0.4) is 0 Å². The SMILES string of the molecule is c1ccc(-c2ccccc2-c2ccc(N(c3cccc(-c4cccc5c6ccccc6n(-c6ccccc6)c45)c3)c3cccc(-n4c5ccccc5c5ccccc54)c3)cc2)cc1. The molecule has 0 atom stereocenters. The number of hydrogen-bond donors (Lipinski definition) is 0. The van der Waals surface area contributed by atoms with Crippen molar-refractivity contribution in [1.82, 2.24) is 9.13 Å². The van der Waals surface area contributed by atoms with E-state index in [0.29, 0.717) is 0 Å². The van der Waals surface area contributed by atoms with Crippen molar-refractivity contribution in [2.24, 2.45) is 0 Å². The molecule has 0 N–H and O–H groups in total. The summed E-state index contributed by atoms with van der Waals surface area (Å²) in [7, 11) is 0. The van der Waals surface area contributed by atoms with Crippen LogP contribution in [-0.2, 0) is 0 Å². The first-order valence-corrected chi connectivity index (χ1v) is 21.6. The average Bonchev–Trinajstić information content (AvgIpc) is 3.88. The lowest BCUT2D eigenvalue weighted by atomic mass is 9.94. The Morgan fingerprint density at radius 3 is 1.37 bits per heavy atom. The highest BCUT2D eigenvalue weighted by molar-refractivity contribution is 6.14. The molecule has 0 unspecified atom stereocenters. The second-order valence-corrected chi connectivity index (χ2v) is 16.1. The van der Waals surface area contributed by atoms with Gasteiger partial charge in [-0.25, -0.2) is 0 Å². The smallest absolute Gasteiger partial charge is 0.0619 e. The van der Waals surface area contributed by atoms with Crippen molar-refractivity contribution in [3.05, 3.63) is 249 Å². The zero-order chi connectivity index (χ0) is 41.7. The van der Waals surface area contributed by atoms with E-state index in [9.17, 15) is 0 Å². The molecule has 2 aromatic heterocycles. The zero-order valence-corrected chi connectivity index (χ0v) is 34.5. The zero-order valence-electron chi connectivity index (χ0n) is 34.5. The van der Waals surface area contributed by atoms with Crippen molar-refractivity contribution in [3.8, 4) is 44.8 Å². The summed E-state index contributed by atoms with van der Waals surface area (Å²) >= 11 is 0. The number of anilines is 3. The Bertz CT molecular complexity index is 3560. The van der Waals surface area contributed by atoms with Crippen LogP contribution in [0.5, 0.6) is 0 Å². The third-order valence-corrected chi connectivity index (χ3v) is 12.5.